The largest absolute Gasteiger partial charge is 0.478 e. The molecule has 5 aromatic rings. The number of benzene rings is 3. The van der Waals surface area contributed by atoms with Crippen molar-refractivity contribution >= 4 is 27.9 Å². The van der Waals surface area contributed by atoms with Crippen molar-refractivity contribution in [1.82, 2.24) is 9.48 Å². The van der Waals surface area contributed by atoms with E-state index in [2.05, 4.69) is 0 Å². The molecule has 36 heavy (non-hydrogen) atoms. The van der Waals surface area contributed by atoms with Gasteiger partial charge in [-0.1, -0.05) is 27.0 Å². The van der Waals surface area contributed by atoms with Gasteiger partial charge in [-0.3, -0.25) is 9.59 Å². The number of aromatic nitrogens is 2. The summed E-state index contributed by atoms with van der Waals surface area (Å²) in [6, 6.07) is 11.6. The number of hydrogen-bond acceptors (Lipinski definition) is 7. The molecule has 3 aromatic carbocycles. The molecule has 0 radical (unpaired) electrons. The van der Waals surface area contributed by atoms with Crippen molar-refractivity contribution in [3.05, 3.63) is 91.5 Å². The van der Waals surface area contributed by atoms with E-state index < -0.39 is 23.4 Å². The third kappa shape index (κ3) is 3.82. The number of fused-ring (bicyclic) bond motifs is 2. The summed E-state index contributed by atoms with van der Waals surface area (Å²) in [5, 5.41) is 28.0. The van der Waals surface area contributed by atoms with Gasteiger partial charge in [-0.25, -0.2) is 9.36 Å². The highest BCUT2D eigenvalue weighted by Gasteiger charge is 2.25. The number of aryl methyl sites for hydroxylation is 2. The van der Waals surface area contributed by atoms with Gasteiger partial charge in [0.15, 0.2) is 6.29 Å². The number of carbonyl (C=O) groups is 1. The first-order valence-electron chi connectivity index (χ1n) is 10.2. The summed E-state index contributed by atoms with van der Waals surface area (Å²) in [4.78, 5) is 38.8. The van der Waals surface area contributed by atoms with Crippen LogP contribution in [0.25, 0.3) is 33.3 Å². The van der Waals surface area contributed by atoms with E-state index in [1.165, 1.54) is 36.4 Å². The Morgan fingerprint density at radius 3 is 1.64 bits per heavy atom. The van der Waals surface area contributed by atoms with Gasteiger partial charge in [0.1, 0.15) is 5.69 Å². The van der Waals surface area contributed by atoms with Gasteiger partial charge in [0.05, 0.1) is 22.0 Å². The van der Waals surface area contributed by atoms with Crippen LogP contribution >= 0.6 is 0 Å². The second kappa shape index (κ2) is 9.33. The van der Waals surface area contributed by atoms with E-state index in [0.29, 0.717) is 22.4 Å². The molecule has 0 aliphatic heterocycles. The first-order chi connectivity index (χ1) is 16.2. The first-order valence-corrected chi connectivity index (χ1v) is 10.2. The normalized spacial score (nSPS) is 11.0. The maximum atomic E-state index is 13.3. The van der Waals surface area contributed by atoms with Crippen LogP contribution in [0.1, 0.15) is 48.2 Å². The van der Waals surface area contributed by atoms with Gasteiger partial charge < -0.3 is 24.4 Å². The van der Waals surface area contributed by atoms with Crippen LogP contribution < -0.4 is 11.1 Å². The third-order valence-corrected chi connectivity index (χ3v) is 5.84. The molecule has 188 valence electrons. The minimum atomic E-state index is -1.61. The van der Waals surface area contributed by atoms with E-state index >= 15 is 0 Å². The van der Waals surface area contributed by atoms with Crippen molar-refractivity contribution in [3.63, 3.8) is 0 Å². The topological polar surface area (TPSA) is 148 Å². The molecule has 3 N–H and O–H groups in total. The summed E-state index contributed by atoms with van der Waals surface area (Å²) in [7, 11) is 0. The Labute approximate surface area is 204 Å². The lowest BCUT2D eigenvalue weighted by Gasteiger charge is -2.04. The molecular weight excluding hydrogens is 468 g/mol. The highest BCUT2D eigenvalue weighted by Crippen LogP contribution is 2.31. The molecule has 0 saturated heterocycles. The minimum Gasteiger partial charge on any atom is -0.478 e. The highest BCUT2D eigenvalue weighted by atomic mass is 16.7. The predicted molar refractivity (Wildman–Crippen MR) is 134 cm³/mol. The lowest BCUT2D eigenvalue weighted by Crippen LogP contribution is -2.23. The van der Waals surface area contributed by atoms with Crippen molar-refractivity contribution in [2.75, 3.05) is 0 Å². The second-order valence-corrected chi connectivity index (χ2v) is 7.86. The minimum absolute atomic E-state index is 0. The Hall–Kier alpha value is -4.41. The molecule has 2 heterocycles. The Morgan fingerprint density at radius 2 is 1.22 bits per heavy atom. The van der Waals surface area contributed by atoms with Gasteiger partial charge in [-0.15, -0.1) is 0 Å². The van der Waals surface area contributed by atoms with E-state index in [0.717, 1.165) is 9.48 Å². The van der Waals surface area contributed by atoms with Gasteiger partial charge >= 0.3 is 5.97 Å². The molecule has 0 saturated carbocycles. The maximum absolute atomic E-state index is 13.3. The number of carboxylic acid groups (broad SMARTS) is 1. The van der Waals surface area contributed by atoms with E-state index in [4.69, 9.17) is 14.2 Å². The summed E-state index contributed by atoms with van der Waals surface area (Å²) in [5.41, 5.74) is 1.35. The molecule has 0 bridgehead atoms. The summed E-state index contributed by atoms with van der Waals surface area (Å²) in [6.45, 7) is 3.30. The van der Waals surface area contributed by atoms with Crippen LogP contribution in [0.3, 0.4) is 0 Å². The van der Waals surface area contributed by atoms with Crippen LogP contribution in [0.15, 0.2) is 67.2 Å². The Balaban J connectivity index is 0.00000180. The fourth-order valence-electron chi connectivity index (χ4n) is 4.06. The van der Waals surface area contributed by atoms with Gasteiger partial charge in [0, 0.05) is 16.7 Å². The van der Waals surface area contributed by atoms with Gasteiger partial charge in [0.2, 0.25) is 11.2 Å². The van der Waals surface area contributed by atoms with E-state index in [1.807, 2.05) is 0 Å². The van der Waals surface area contributed by atoms with Crippen LogP contribution in [0.4, 0.5) is 0 Å². The molecule has 0 amide bonds. The molecule has 0 aliphatic rings. The molecule has 0 fully saturated rings. The first kappa shape index (κ1) is 26.2. The summed E-state index contributed by atoms with van der Waals surface area (Å²) in [6.07, 6.45) is -1.61. The van der Waals surface area contributed by atoms with Crippen molar-refractivity contribution < 1.29 is 29.2 Å². The van der Waals surface area contributed by atoms with Crippen molar-refractivity contribution in [2.24, 2.45) is 0 Å². The predicted octanol–water partition coefficient (Wildman–Crippen LogP) is 4.05. The molecular formula is C26H26N2O8. The van der Waals surface area contributed by atoms with E-state index in [1.54, 1.807) is 26.0 Å². The third-order valence-electron chi connectivity index (χ3n) is 5.84. The zero-order valence-corrected chi connectivity index (χ0v) is 18.0. The van der Waals surface area contributed by atoms with Crippen molar-refractivity contribution in [1.29, 1.82) is 0 Å². The average Bonchev–Trinajstić information content (AvgIpc) is 3.38. The standard InChI is InChI=1S/C24H18N2O8.2CH4/c1-11-17-18(22(28)25(21(17)27)15-7-3-13(4-8-15)23(29)30)12(2)20-19(11)33-26(34-20)16-9-5-14(6-10-16)24(31)32;;/h3-10,24,31-32H,1-2H3,(H,29,30);2*1H4. The summed E-state index contributed by atoms with van der Waals surface area (Å²) < 4.78 is 12.7. The average molecular weight is 495 g/mol. The molecule has 5 rings (SSSR count). The monoisotopic (exact) mass is 494 g/mol. The molecule has 2 aromatic heterocycles. The molecule has 0 spiro atoms. The molecule has 0 atom stereocenters. The lowest BCUT2D eigenvalue weighted by atomic mass is 10.0. The van der Waals surface area contributed by atoms with Gasteiger partial charge in [0.25, 0.3) is 11.1 Å². The molecule has 0 aliphatic carbocycles. The van der Waals surface area contributed by atoms with E-state index in [-0.39, 0.29) is 48.0 Å². The summed E-state index contributed by atoms with van der Waals surface area (Å²) in [5.74, 6) is -1.11. The number of hydrogen-bond donors (Lipinski definition) is 3. The summed E-state index contributed by atoms with van der Waals surface area (Å²) >= 11 is 0. The van der Waals surface area contributed by atoms with Crippen LogP contribution in [0.2, 0.25) is 0 Å². The fraction of sp³-hybridized carbons (Fsp3) is 0.192. The fourth-order valence-corrected chi connectivity index (χ4v) is 4.06. The zero-order valence-electron chi connectivity index (χ0n) is 18.0. The lowest BCUT2D eigenvalue weighted by molar-refractivity contribution is -0.0425. The Kier molecular flexibility index (Phi) is 6.79. The number of rotatable bonds is 4. The van der Waals surface area contributed by atoms with Crippen LogP contribution in [0, 0.1) is 13.8 Å². The van der Waals surface area contributed by atoms with Crippen LogP contribution in [-0.4, -0.2) is 30.8 Å². The van der Waals surface area contributed by atoms with Crippen LogP contribution in [-0.2, 0) is 0 Å². The molecule has 10 nitrogen and oxygen atoms in total. The number of carboxylic acids is 1. The maximum Gasteiger partial charge on any atom is 0.335 e. The number of aromatic carboxylic acids is 1. The smallest absolute Gasteiger partial charge is 0.335 e. The quantitative estimate of drug-likeness (QED) is 0.317. The number of aliphatic hydroxyl groups excluding tert-OH is 1. The number of nitrogens with zero attached hydrogens (tertiary/aromatic N) is 2. The van der Waals surface area contributed by atoms with Crippen molar-refractivity contribution in [3.8, 4) is 11.4 Å². The molecule has 0 unspecified atom stereocenters. The van der Waals surface area contributed by atoms with Crippen LogP contribution in [0.5, 0.6) is 0 Å². The van der Waals surface area contributed by atoms with Gasteiger partial charge in [-0.05, 0) is 55.2 Å². The highest BCUT2D eigenvalue weighted by molar-refractivity contribution is 6.01. The van der Waals surface area contributed by atoms with E-state index in [9.17, 15) is 24.6 Å². The van der Waals surface area contributed by atoms with Gasteiger partial charge in [-0.2, -0.15) is 0 Å². The number of aliphatic hydroxyl groups is 2. The second-order valence-electron chi connectivity index (χ2n) is 7.86. The SMILES string of the molecule is C.C.Cc1c2on(-c3ccc(C(O)O)cc3)oc2c(C)c2c(=O)n(-c3ccc(C(=O)O)cc3)c(=O)c12. The Morgan fingerprint density at radius 1 is 0.778 bits per heavy atom. The zero-order chi connectivity index (χ0) is 24.3. The van der Waals surface area contributed by atoms with Crippen molar-refractivity contribution in [2.45, 2.75) is 35.0 Å². The molecule has 10 heteroatoms. The Bertz CT molecular complexity index is 1630.